The first-order valence-corrected chi connectivity index (χ1v) is 4.03. The Labute approximate surface area is 79.8 Å². The van der Waals surface area contributed by atoms with Crippen molar-refractivity contribution in [3.63, 3.8) is 0 Å². The molecule has 68 valence electrons. The molecule has 14 heavy (non-hydrogen) atoms. The largest absolute Gasteiger partial charge is 0.385 e. The fourth-order valence-electron chi connectivity index (χ4n) is 1.11. The van der Waals surface area contributed by atoms with E-state index in [1.54, 1.807) is 23.1 Å². The summed E-state index contributed by atoms with van der Waals surface area (Å²) < 4.78 is 1.62. The summed E-state index contributed by atoms with van der Waals surface area (Å²) in [6, 6.07) is 7.16. The van der Waals surface area contributed by atoms with Crippen LogP contribution in [0.3, 0.4) is 0 Å². The molecular weight excluding hydrogens is 180 g/mol. The van der Waals surface area contributed by atoms with E-state index in [0.29, 0.717) is 12.2 Å². The maximum absolute atomic E-state index is 8.47. The predicted molar refractivity (Wildman–Crippen MR) is 48.1 cm³/mol. The number of hydrogen-bond acceptors (Lipinski definition) is 4. The number of hydrogen-bond donors (Lipinski definition) is 0. The molecule has 0 aliphatic rings. The molecule has 1 heterocycles. The molecule has 6 heteroatoms. The van der Waals surface area contributed by atoms with E-state index in [0.717, 1.165) is 5.56 Å². The summed E-state index contributed by atoms with van der Waals surface area (Å²) in [6.07, 6.45) is 1.55. The van der Waals surface area contributed by atoms with Crippen LogP contribution < -0.4 is 0 Å². The van der Waals surface area contributed by atoms with E-state index in [4.69, 9.17) is 5.39 Å². The molecular formula is C8H7N6+. The van der Waals surface area contributed by atoms with Crippen LogP contribution in [-0.4, -0.2) is 20.2 Å². The lowest BCUT2D eigenvalue weighted by atomic mass is 10.2. The zero-order chi connectivity index (χ0) is 9.80. The van der Waals surface area contributed by atoms with Crippen LogP contribution in [0.1, 0.15) is 5.56 Å². The van der Waals surface area contributed by atoms with Crippen LogP contribution in [0, 0.1) is 5.39 Å². The summed E-state index contributed by atoms with van der Waals surface area (Å²) in [5.74, 6) is 0. The molecule has 2 aromatic rings. The minimum absolute atomic E-state index is 0.533. The number of diazo groups is 1. The van der Waals surface area contributed by atoms with Gasteiger partial charge in [-0.05, 0) is 28.1 Å². The van der Waals surface area contributed by atoms with Gasteiger partial charge in [0.25, 0.3) is 0 Å². The van der Waals surface area contributed by atoms with Crippen molar-refractivity contribution in [2.45, 2.75) is 6.54 Å². The number of aromatic nitrogens is 4. The highest BCUT2D eigenvalue weighted by atomic mass is 15.5. The van der Waals surface area contributed by atoms with Gasteiger partial charge in [0.1, 0.15) is 6.33 Å². The number of rotatable bonds is 2. The third-order valence-corrected chi connectivity index (χ3v) is 1.79. The average Bonchev–Trinajstić information content (AvgIpc) is 2.72. The van der Waals surface area contributed by atoms with Crippen molar-refractivity contribution >= 4 is 5.69 Å². The highest BCUT2D eigenvalue weighted by Gasteiger charge is 2.03. The molecule has 0 aliphatic heterocycles. The van der Waals surface area contributed by atoms with E-state index in [-0.39, 0.29) is 0 Å². The molecule has 0 spiro atoms. The van der Waals surface area contributed by atoms with Crippen LogP contribution in [-0.2, 0) is 6.54 Å². The first-order chi connectivity index (χ1) is 6.88. The van der Waals surface area contributed by atoms with E-state index in [1.165, 1.54) is 0 Å². The fraction of sp³-hybridized carbons (Fsp3) is 0.125. The van der Waals surface area contributed by atoms with Crippen LogP contribution in [0.25, 0.3) is 4.98 Å². The van der Waals surface area contributed by atoms with Crippen molar-refractivity contribution in [3.05, 3.63) is 41.1 Å². The number of nitrogens with zero attached hydrogens (tertiary/aromatic N) is 6. The smallest absolute Gasteiger partial charge is 0.228 e. The van der Waals surface area contributed by atoms with Crippen LogP contribution >= 0.6 is 0 Å². The molecule has 0 saturated carbocycles. The minimum atomic E-state index is 0.533. The van der Waals surface area contributed by atoms with E-state index in [2.05, 4.69) is 20.5 Å². The Morgan fingerprint density at radius 3 is 2.64 bits per heavy atom. The summed E-state index contributed by atoms with van der Waals surface area (Å²) in [7, 11) is 0. The lowest BCUT2D eigenvalue weighted by Crippen LogP contribution is -1.99. The van der Waals surface area contributed by atoms with Crippen molar-refractivity contribution in [1.29, 1.82) is 5.39 Å². The van der Waals surface area contributed by atoms with E-state index in [1.807, 2.05) is 12.1 Å². The summed E-state index contributed by atoms with van der Waals surface area (Å²) in [4.78, 5) is 3.06. The third-order valence-electron chi connectivity index (χ3n) is 1.79. The van der Waals surface area contributed by atoms with Crippen molar-refractivity contribution in [2.24, 2.45) is 0 Å². The van der Waals surface area contributed by atoms with Gasteiger partial charge in [0.2, 0.25) is 5.39 Å². The zero-order valence-electron chi connectivity index (χ0n) is 7.28. The Kier molecular flexibility index (Phi) is 2.15. The summed E-state index contributed by atoms with van der Waals surface area (Å²) in [6.45, 7) is 0.610. The standard InChI is InChI=1S/C8H7N6/c9-11-8-3-1-7(2-4-8)5-14-6-10-12-13-14/h1-4,6H,5H2/q+1. The van der Waals surface area contributed by atoms with Crippen LogP contribution in [0.4, 0.5) is 5.69 Å². The molecule has 6 nitrogen and oxygen atoms in total. The average molecular weight is 187 g/mol. The first-order valence-electron chi connectivity index (χ1n) is 4.03. The Morgan fingerprint density at radius 2 is 2.07 bits per heavy atom. The molecule has 0 bridgehead atoms. The molecule has 0 radical (unpaired) electrons. The second kappa shape index (κ2) is 3.62. The van der Waals surface area contributed by atoms with Crippen molar-refractivity contribution in [1.82, 2.24) is 20.2 Å². The fourth-order valence-corrected chi connectivity index (χ4v) is 1.11. The lowest BCUT2D eigenvalue weighted by Gasteiger charge is -1.96. The quantitative estimate of drug-likeness (QED) is 0.662. The minimum Gasteiger partial charge on any atom is -0.228 e. The second-order valence-corrected chi connectivity index (χ2v) is 2.77. The summed E-state index contributed by atoms with van der Waals surface area (Å²) in [5.41, 5.74) is 1.58. The molecule has 0 atom stereocenters. The molecule has 0 N–H and O–H groups in total. The Hall–Kier alpha value is -2.29. The number of tetrazole rings is 1. The van der Waals surface area contributed by atoms with Crippen molar-refractivity contribution < 1.29 is 0 Å². The van der Waals surface area contributed by atoms with Gasteiger partial charge >= 0.3 is 5.69 Å². The van der Waals surface area contributed by atoms with Gasteiger partial charge in [-0.1, -0.05) is 0 Å². The van der Waals surface area contributed by atoms with Gasteiger partial charge in [-0.15, -0.1) is 5.10 Å². The van der Waals surface area contributed by atoms with E-state index < -0.39 is 0 Å². The number of benzene rings is 1. The molecule has 1 aromatic heterocycles. The van der Waals surface area contributed by atoms with Crippen LogP contribution in [0.5, 0.6) is 0 Å². The van der Waals surface area contributed by atoms with Gasteiger partial charge in [-0.25, -0.2) is 4.68 Å². The Morgan fingerprint density at radius 1 is 1.29 bits per heavy atom. The van der Waals surface area contributed by atoms with Crippen molar-refractivity contribution in [2.75, 3.05) is 0 Å². The van der Waals surface area contributed by atoms with Gasteiger partial charge in [-0.3, -0.25) is 0 Å². The highest BCUT2D eigenvalue weighted by molar-refractivity contribution is 5.44. The molecule has 2 rings (SSSR count). The molecule has 0 amide bonds. The topological polar surface area (TPSA) is 71.8 Å². The van der Waals surface area contributed by atoms with Crippen LogP contribution in [0.2, 0.25) is 0 Å². The normalized spacial score (nSPS) is 9.64. The highest BCUT2D eigenvalue weighted by Crippen LogP contribution is 2.12. The Balaban J connectivity index is 2.15. The van der Waals surface area contributed by atoms with E-state index >= 15 is 0 Å². The maximum Gasteiger partial charge on any atom is 0.385 e. The zero-order valence-corrected chi connectivity index (χ0v) is 7.28. The third kappa shape index (κ3) is 1.72. The van der Waals surface area contributed by atoms with E-state index in [9.17, 15) is 0 Å². The molecule has 1 aromatic carbocycles. The van der Waals surface area contributed by atoms with Gasteiger partial charge in [-0.2, -0.15) is 0 Å². The van der Waals surface area contributed by atoms with Crippen LogP contribution in [0.15, 0.2) is 30.6 Å². The first kappa shape index (κ1) is 8.31. The SMILES string of the molecule is N#[N+]c1ccc(Cn2cnnn2)cc1. The monoisotopic (exact) mass is 187 g/mol. The Bertz CT molecular complexity index is 438. The molecule has 0 unspecified atom stereocenters. The predicted octanol–water partition coefficient (Wildman–Crippen LogP) is 1.21. The van der Waals surface area contributed by atoms with Gasteiger partial charge in [0.05, 0.1) is 6.54 Å². The van der Waals surface area contributed by atoms with Gasteiger partial charge < -0.3 is 0 Å². The summed E-state index contributed by atoms with van der Waals surface area (Å²) >= 11 is 0. The molecule has 0 aliphatic carbocycles. The van der Waals surface area contributed by atoms with Gasteiger partial charge in [0, 0.05) is 12.1 Å². The van der Waals surface area contributed by atoms with Gasteiger partial charge in [0.15, 0.2) is 4.98 Å². The molecule has 0 saturated heterocycles. The lowest BCUT2D eigenvalue weighted by molar-refractivity contribution is 0.648. The maximum atomic E-state index is 8.47. The molecule has 0 fully saturated rings. The summed E-state index contributed by atoms with van der Waals surface area (Å²) in [5, 5.41) is 19.3. The van der Waals surface area contributed by atoms with Crippen molar-refractivity contribution in [3.8, 4) is 0 Å². The second-order valence-electron chi connectivity index (χ2n) is 2.77.